The van der Waals surface area contributed by atoms with Crippen molar-refractivity contribution < 1.29 is 8.78 Å². The van der Waals surface area contributed by atoms with Gasteiger partial charge in [0.2, 0.25) is 0 Å². The molecule has 104 valence electrons. The number of hydrogen-bond acceptors (Lipinski definition) is 5. The van der Waals surface area contributed by atoms with Crippen LogP contribution < -0.4 is 5.32 Å². The quantitative estimate of drug-likeness (QED) is 0.786. The lowest BCUT2D eigenvalue weighted by Crippen LogP contribution is -2.08. The Morgan fingerprint density at radius 3 is 3.00 bits per heavy atom. The van der Waals surface area contributed by atoms with Gasteiger partial charge in [0.05, 0.1) is 11.7 Å². The van der Waals surface area contributed by atoms with E-state index in [2.05, 4.69) is 19.2 Å². The molecule has 3 aromatic rings. The van der Waals surface area contributed by atoms with E-state index in [4.69, 9.17) is 0 Å². The SMILES string of the molecule is FC(F)Cn1ccc(NCc2cccc3nsnc23)n1. The Labute approximate surface area is 117 Å². The first-order valence-corrected chi connectivity index (χ1v) is 6.71. The van der Waals surface area contributed by atoms with Gasteiger partial charge in [0.25, 0.3) is 6.43 Å². The lowest BCUT2D eigenvalue weighted by molar-refractivity contribution is 0.122. The molecule has 5 nitrogen and oxygen atoms in total. The van der Waals surface area contributed by atoms with Crippen LogP contribution in [0, 0.1) is 0 Å². The van der Waals surface area contributed by atoms with E-state index in [1.165, 1.54) is 22.6 Å². The van der Waals surface area contributed by atoms with Gasteiger partial charge in [-0.05, 0) is 6.07 Å². The van der Waals surface area contributed by atoms with Crippen LogP contribution in [0.15, 0.2) is 30.5 Å². The Balaban J connectivity index is 1.70. The third-order valence-corrected chi connectivity index (χ3v) is 3.34. The normalized spacial score (nSPS) is 11.3. The summed E-state index contributed by atoms with van der Waals surface area (Å²) < 4.78 is 34.1. The fourth-order valence-corrected chi connectivity index (χ4v) is 2.46. The Kier molecular flexibility index (Phi) is 3.55. The lowest BCUT2D eigenvalue weighted by atomic mass is 10.2. The van der Waals surface area contributed by atoms with Crippen LogP contribution in [0.5, 0.6) is 0 Å². The van der Waals surface area contributed by atoms with Crippen molar-refractivity contribution in [2.75, 3.05) is 5.32 Å². The number of rotatable bonds is 5. The topological polar surface area (TPSA) is 55.6 Å². The molecule has 2 heterocycles. The highest BCUT2D eigenvalue weighted by molar-refractivity contribution is 7.00. The number of benzene rings is 1. The number of alkyl halides is 2. The molecule has 0 atom stereocenters. The smallest absolute Gasteiger partial charge is 0.257 e. The number of fused-ring (bicyclic) bond motifs is 1. The summed E-state index contributed by atoms with van der Waals surface area (Å²) in [4.78, 5) is 0. The van der Waals surface area contributed by atoms with Gasteiger partial charge in [-0.15, -0.1) is 0 Å². The summed E-state index contributed by atoms with van der Waals surface area (Å²) in [5.74, 6) is 0.561. The van der Waals surface area contributed by atoms with E-state index >= 15 is 0 Å². The molecule has 0 aliphatic carbocycles. The third kappa shape index (κ3) is 2.74. The molecule has 0 spiro atoms. The molecule has 0 bridgehead atoms. The third-order valence-electron chi connectivity index (χ3n) is 2.80. The van der Waals surface area contributed by atoms with Crippen LogP contribution in [0.25, 0.3) is 11.0 Å². The van der Waals surface area contributed by atoms with Crippen LogP contribution in [0.1, 0.15) is 5.56 Å². The van der Waals surface area contributed by atoms with Crippen LogP contribution in [-0.2, 0) is 13.1 Å². The summed E-state index contributed by atoms with van der Waals surface area (Å²) in [6.07, 6.45) is -0.878. The van der Waals surface area contributed by atoms with Gasteiger partial charge < -0.3 is 5.32 Å². The molecule has 1 aromatic carbocycles. The fourth-order valence-electron chi connectivity index (χ4n) is 1.89. The molecule has 8 heteroatoms. The van der Waals surface area contributed by atoms with Crippen molar-refractivity contribution >= 4 is 28.6 Å². The van der Waals surface area contributed by atoms with Crippen LogP contribution in [0.4, 0.5) is 14.6 Å². The molecule has 20 heavy (non-hydrogen) atoms. The average Bonchev–Trinajstić information content (AvgIpc) is 3.04. The van der Waals surface area contributed by atoms with Crippen molar-refractivity contribution in [2.24, 2.45) is 0 Å². The monoisotopic (exact) mass is 295 g/mol. The molecule has 0 radical (unpaired) electrons. The largest absolute Gasteiger partial charge is 0.364 e. The Hall–Kier alpha value is -2.09. The van der Waals surface area contributed by atoms with Gasteiger partial charge in [0, 0.05) is 24.4 Å². The minimum absolute atomic E-state index is 0.396. The number of anilines is 1. The van der Waals surface area contributed by atoms with E-state index in [1.807, 2.05) is 18.2 Å². The van der Waals surface area contributed by atoms with E-state index in [0.717, 1.165) is 16.6 Å². The van der Waals surface area contributed by atoms with E-state index < -0.39 is 13.0 Å². The van der Waals surface area contributed by atoms with Crippen molar-refractivity contribution in [3.63, 3.8) is 0 Å². The van der Waals surface area contributed by atoms with Crippen molar-refractivity contribution in [3.05, 3.63) is 36.0 Å². The van der Waals surface area contributed by atoms with Gasteiger partial charge in [-0.1, -0.05) is 12.1 Å². The maximum atomic E-state index is 12.2. The minimum atomic E-state index is -2.41. The van der Waals surface area contributed by atoms with E-state index in [-0.39, 0.29) is 0 Å². The number of hydrogen-bond donors (Lipinski definition) is 1. The van der Waals surface area contributed by atoms with Crippen LogP contribution in [0.2, 0.25) is 0 Å². The van der Waals surface area contributed by atoms with Gasteiger partial charge in [0.15, 0.2) is 0 Å². The predicted molar refractivity (Wildman–Crippen MR) is 73.0 cm³/mol. The highest BCUT2D eigenvalue weighted by Crippen LogP contribution is 2.17. The number of aromatic nitrogens is 4. The molecule has 0 aliphatic heterocycles. The van der Waals surface area contributed by atoms with E-state index in [1.54, 1.807) is 6.07 Å². The van der Waals surface area contributed by atoms with Gasteiger partial charge in [-0.25, -0.2) is 8.78 Å². The second-order valence-electron chi connectivity index (χ2n) is 4.22. The Bertz CT molecular complexity index is 709. The molecule has 0 fully saturated rings. The molecule has 0 unspecified atom stereocenters. The summed E-state index contributed by atoms with van der Waals surface area (Å²) >= 11 is 1.17. The highest BCUT2D eigenvalue weighted by Gasteiger charge is 2.07. The summed E-state index contributed by atoms with van der Waals surface area (Å²) in [7, 11) is 0. The molecular weight excluding hydrogens is 284 g/mol. The lowest BCUT2D eigenvalue weighted by Gasteiger charge is -2.04. The van der Waals surface area contributed by atoms with Gasteiger partial charge in [-0.2, -0.15) is 13.8 Å². The molecule has 0 amide bonds. The number of nitrogens with one attached hydrogen (secondary N) is 1. The molecule has 3 rings (SSSR count). The molecular formula is C12H11F2N5S. The second-order valence-corrected chi connectivity index (χ2v) is 4.75. The van der Waals surface area contributed by atoms with Crippen molar-refractivity contribution in [1.29, 1.82) is 0 Å². The average molecular weight is 295 g/mol. The first-order valence-electron chi connectivity index (χ1n) is 5.98. The molecule has 0 saturated carbocycles. The van der Waals surface area contributed by atoms with Crippen molar-refractivity contribution in [2.45, 2.75) is 19.5 Å². The first-order chi connectivity index (χ1) is 9.72. The Morgan fingerprint density at radius 1 is 1.25 bits per heavy atom. The van der Waals surface area contributed by atoms with E-state index in [0.29, 0.717) is 12.4 Å². The Morgan fingerprint density at radius 2 is 2.15 bits per heavy atom. The molecule has 0 aliphatic rings. The zero-order valence-corrected chi connectivity index (χ0v) is 11.1. The fraction of sp³-hybridized carbons (Fsp3) is 0.250. The van der Waals surface area contributed by atoms with Crippen LogP contribution in [0.3, 0.4) is 0 Å². The molecule has 0 saturated heterocycles. The zero-order chi connectivity index (χ0) is 13.9. The predicted octanol–water partition coefficient (Wildman–Crippen LogP) is 2.77. The molecule has 2 aromatic heterocycles. The number of halogens is 2. The number of nitrogens with zero attached hydrogens (tertiary/aromatic N) is 4. The van der Waals surface area contributed by atoms with Crippen LogP contribution in [-0.4, -0.2) is 25.0 Å². The highest BCUT2D eigenvalue weighted by atomic mass is 32.1. The second kappa shape index (κ2) is 5.49. The maximum absolute atomic E-state index is 12.2. The molecule has 1 N–H and O–H groups in total. The van der Waals surface area contributed by atoms with Gasteiger partial charge in [-0.3, -0.25) is 4.68 Å². The van der Waals surface area contributed by atoms with Crippen LogP contribution >= 0.6 is 11.7 Å². The summed E-state index contributed by atoms with van der Waals surface area (Å²) in [6.45, 7) is 0.127. The van der Waals surface area contributed by atoms with E-state index in [9.17, 15) is 8.78 Å². The van der Waals surface area contributed by atoms with Gasteiger partial charge >= 0.3 is 0 Å². The summed E-state index contributed by atoms with van der Waals surface area (Å²) in [6, 6.07) is 7.44. The summed E-state index contributed by atoms with van der Waals surface area (Å²) in [5.41, 5.74) is 2.72. The van der Waals surface area contributed by atoms with Gasteiger partial charge in [0.1, 0.15) is 23.4 Å². The summed E-state index contributed by atoms with van der Waals surface area (Å²) in [5, 5.41) is 7.12. The zero-order valence-electron chi connectivity index (χ0n) is 10.3. The first kappa shape index (κ1) is 12.9. The van der Waals surface area contributed by atoms with Crippen molar-refractivity contribution in [1.82, 2.24) is 18.5 Å². The standard InChI is InChI=1S/C12H11F2N5S/c13-10(14)7-19-5-4-11(16-19)15-6-8-2-1-3-9-12(8)18-20-17-9/h1-5,10H,6-7H2,(H,15,16). The minimum Gasteiger partial charge on any atom is -0.364 e. The van der Waals surface area contributed by atoms with Crippen molar-refractivity contribution in [3.8, 4) is 0 Å². The maximum Gasteiger partial charge on any atom is 0.257 e.